The maximum Gasteiger partial charge on any atom is 0.227 e. The lowest BCUT2D eigenvalue weighted by molar-refractivity contribution is -0.122. The number of amides is 2. The van der Waals surface area contributed by atoms with Gasteiger partial charge in [0.05, 0.1) is 10.8 Å². The SMILES string of the molecule is CC(=N)NC(=O)C(C)C.CC(=O)NC(C)C.CC(=S)NC(C)C.CC(N)=N/N=C/C(C)C. The molecule has 0 heterocycles. The van der Waals surface area contributed by atoms with Crippen LogP contribution in [0.2, 0.25) is 0 Å². The minimum absolute atomic E-state index is 0.0368. The van der Waals surface area contributed by atoms with Crippen molar-refractivity contribution in [3.8, 4) is 0 Å². The van der Waals surface area contributed by atoms with Gasteiger partial charge < -0.3 is 21.7 Å². The van der Waals surface area contributed by atoms with Crippen molar-refractivity contribution in [1.29, 1.82) is 5.41 Å². The molecule has 0 aliphatic heterocycles. The molecule has 0 saturated carbocycles. The molecular formula is C22H47N7O2S. The van der Waals surface area contributed by atoms with Gasteiger partial charge in [-0.25, -0.2) is 0 Å². The summed E-state index contributed by atoms with van der Waals surface area (Å²) in [5.74, 6) is 1.04. The fourth-order valence-electron chi connectivity index (χ4n) is 1.40. The molecule has 6 N–H and O–H groups in total. The van der Waals surface area contributed by atoms with E-state index in [9.17, 15) is 9.59 Å². The monoisotopic (exact) mass is 473 g/mol. The molecule has 0 aromatic rings. The Morgan fingerprint density at radius 1 is 0.906 bits per heavy atom. The molecule has 0 spiro atoms. The predicted molar refractivity (Wildman–Crippen MR) is 143 cm³/mol. The summed E-state index contributed by atoms with van der Waals surface area (Å²) in [5, 5.41) is 22.3. The fraction of sp³-hybridized carbons (Fsp3) is 0.727. The van der Waals surface area contributed by atoms with E-state index in [2.05, 4.69) is 40.0 Å². The van der Waals surface area contributed by atoms with E-state index < -0.39 is 0 Å². The summed E-state index contributed by atoms with van der Waals surface area (Å²) in [6.45, 7) is 22.3. The van der Waals surface area contributed by atoms with Crippen molar-refractivity contribution in [2.75, 3.05) is 0 Å². The molecule has 9 nitrogen and oxygen atoms in total. The van der Waals surface area contributed by atoms with E-state index in [0.29, 0.717) is 17.8 Å². The van der Waals surface area contributed by atoms with Crippen molar-refractivity contribution in [2.45, 2.75) is 95.2 Å². The summed E-state index contributed by atoms with van der Waals surface area (Å²) in [6.07, 6.45) is 1.75. The van der Waals surface area contributed by atoms with E-state index in [0.717, 1.165) is 4.99 Å². The third-order valence-electron chi connectivity index (χ3n) is 2.40. The smallest absolute Gasteiger partial charge is 0.227 e. The van der Waals surface area contributed by atoms with Crippen LogP contribution in [0, 0.1) is 17.2 Å². The van der Waals surface area contributed by atoms with Crippen LogP contribution < -0.4 is 21.7 Å². The third-order valence-corrected chi connectivity index (χ3v) is 2.52. The number of rotatable bonds is 5. The number of hydrogen-bond donors (Lipinski definition) is 5. The lowest BCUT2D eigenvalue weighted by atomic mass is 10.2. The maximum absolute atomic E-state index is 10.7. The van der Waals surface area contributed by atoms with Gasteiger partial charge in [-0.3, -0.25) is 15.0 Å². The number of nitrogens with two attached hydrogens (primary N) is 1. The number of hydrogen-bond acceptors (Lipinski definition) is 6. The summed E-state index contributed by atoms with van der Waals surface area (Å²) in [5.41, 5.74) is 5.21. The normalized spacial score (nSPS) is 10.4. The Bertz CT molecular complexity index is 575. The molecule has 0 unspecified atom stereocenters. The molecule has 0 bridgehead atoms. The molecule has 0 aromatic heterocycles. The first-order chi connectivity index (χ1) is 14.4. The zero-order chi connectivity index (χ0) is 26.4. The Morgan fingerprint density at radius 2 is 1.34 bits per heavy atom. The highest BCUT2D eigenvalue weighted by atomic mass is 32.1. The van der Waals surface area contributed by atoms with Gasteiger partial charge in [-0.2, -0.15) is 5.10 Å². The van der Waals surface area contributed by atoms with Gasteiger partial charge in [0, 0.05) is 31.1 Å². The second-order valence-corrected chi connectivity index (χ2v) is 8.84. The molecular weight excluding hydrogens is 426 g/mol. The van der Waals surface area contributed by atoms with Crippen LogP contribution in [-0.2, 0) is 9.59 Å². The molecule has 0 saturated heterocycles. The first kappa shape index (κ1) is 37.0. The van der Waals surface area contributed by atoms with E-state index in [1.54, 1.807) is 33.9 Å². The molecule has 0 fully saturated rings. The number of nitrogens with zero attached hydrogens (tertiary/aromatic N) is 2. The van der Waals surface area contributed by atoms with Crippen molar-refractivity contribution in [3.63, 3.8) is 0 Å². The van der Waals surface area contributed by atoms with Gasteiger partial charge in [0.15, 0.2) is 0 Å². The van der Waals surface area contributed by atoms with Crippen molar-refractivity contribution < 1.29 is 9.59 Å². The Kier molecular flexibility index (Phi) is 26.9. The summed E-state index contributed by atoms with van der Waals surface area (Å²) in [4.78, 5) is 21.7. The minimum atomic E-state index is -0.0949. The van der Waals surface area contributed by atoms with Crippen molar-refractivity contribution >= 4 is 46.9 Å². The molecule has 0 rings (SSSR count). The number of amidine groups is 2. The highest BCUT2D eigenvalue weighted by Crippen LogP contribution is 1.89. The van der Waals surface area contributed by atoms with E-state index in [-0.39, 0.29) is 29.6 Å². The van der Waals surface area contributed by atoms with Gasteiger partial charge in [-0.15, -0.1) is 5.10 Å². The largest absolute Gasteiger partial charge is 0.386 e. The lowest BCUT2D eigenvalue weighted by Crippen LogP contribution is -2.31. The second kappa shape index (κ2) is 23.3. The van der Waals surface area contributed by atoms with E-state index in [1.165, 1.54) is 6.92 Å². The van der Waals surface area contributed by atoms with Crippen LogP contribution >= 0.6 is 12.2 Å². The van der Waals surface area contributed by atoms with E-state index in [4.69, 9.17) is 23.4 Å². The molecule has 10 heteroatoms. The van der Waals surface area contributed by atoms with Crippen molar-refractivity contribution in [1.82, 2.24) is 16.0 Å². The first-order valence-corrected chi connectivity index (χ1v) is 11.1. The van der Waals surface area contributed by atoms with Gasteiger partial charge in [0.1, 0.15) is 5.84 Å². The van der Waals surface area contributed by atoms with Crippen LogP contribution in [0.25, 0.3) is 0 Å². The lowest BCUT2D eigenvalue weighted by Gasteiger charge is -2.04. The molecule has 0 atom stereocenters. The topological polar surface area (TPSA) is 145 Å². The average molecular weight is 474 g/mol. The zero-order valence-electron chi connectivity index (χ0n) is 22.1. The molecule has 32 heavy (non-hydrogen) atoms. The minimum Gasteiger partial charge on any atom is -0.386 e. The number of thiocarbonyl (C=S) groups is 1. The summed E-state index contributed by atoms with van der Waals surface area (Å²) in [7, 11) is 0. The molecule has 0 aromatic carbocycles. The average Bonchev–Trinajstić information content (AvgIpc) is 2.52. The number of nitrogens with one attached hydrogen (secondary N) is 4. The van der Waals surface area contributed by atoms with Crippen LogP contribution in [0.1, 0.15) is 83.1 Å². The Hall–Kier alpha value is -2.36. The molecule has 0 aliphatic carbocycles. The highest BCUT2D eigenvalue weighted by molar-refractivity contribution is 7.80. The van der Waals surface area contributed by atoms with Crippen molar-refractivity contribution in [3.05, 3.63) is 0 Å². The van der Waals surface area contributed by atoms with Crippen LogP contribution in [0.15, 0.2) is 10.2 Å². The van der Waals surface area contributed by atoms with Gasteiger partial charge in [0.2, 0.25) is 11.8 Å². The Balaban J connectivity index is -0.000000165. The van der Waals surface area contributed by atoms with Crippen LogP contribution in [0.4, 0.5) is 0 Å². The summed E-state index contributed by atoms with van der Waals surface area (Å²) < 4.78 is 0. The van der Waals surface area contributed by atoms with E-state index >= 15 is 0 Å². The molecule has 188 valence electrons. The van der Waals surface area contributed by atoms with Crippen LogP contribution in [-0.4, -0.2) is 46.8 Å². The van der Waals surface area contributed by atoms with Gasteiger partial charge in [-0.05, 0) is 54.4 Å². The second-order valence-electron chi connectivity index (χ2n) is 8.23. The number of carbonyl (C=O) groups excluding carboxylic acids is 2. The molecule has 2 amide bonds. The highest BCUT2D eigenvalue weighted by Gasteiger charge is 2.04. The van der Waals surface area contributed by atoms with Crippen LogP contribution in [0.5, 0.6) is 0 Å². The van der Waals surface area contributed by atoms with Gasteiger partial charge >= 0.3 is 0 Å². The Labute approximate surface area is 201 Å². The van der Waals surface area contributed by atoms with Gasteiger partial charge in [0.25, 0.3) is 0 Å². The molecule has 0 aliphatic rings. The van der Waals surface area contributed by atoms with Crippen molar-refractivity contribution in [2.24, 2.45) is 27.8 Å². The zero-order valence-corrected chi connectivity index (χ0v) is 22.9. The maximum atomic E-state index is 10.7. The predicted octanol–water partition coefficient (Wildman–Crippen LogP) is 3.62. The summed E-state index contributed by atoms with van der Waals surface area (Å²) in [6, 6.07) is 0.759. The first-order valence-electron chi connectivity index (χ1n) is 10.7. The third kappa shape index (κ3) is 50.9. The fourth-order valence-corrected chi connectivity index (χ4v) is 1.64. The standard InChI is InChI=1S/C6H13N3.C6H12N2O.C5H11NO.C5H11NS/c1-5(2)4-8-9-6(3)7;1-4(2)6(9)8-5(3)7;2*1-4(2)6-5(3)7/h4-5H,1-3H3,(H2,7,9);4H,1-3H3,(H2,7,8,9);2*4H,1-3H3,(H,6,7)/b8-4+;;;. The van der Waals surface area contributed by atoms with E-state index in [1.807, 2.05) is 34.6 Å². The van der Waals surface area contributed by atoms with Crippen LogP contribution in [0.3, 0.4) is 0 Å². The van der Waals surface area contributed by atoms with Gasteiger partial charge in [-0.1, -0.05) is 39.9 Å². The number of carbonyl (C=O) groups is 2. The summed E-state index contributed by atoms with van der Waals surface area (Å²) >= 11 is 4.76. The quantitative estimate of drug-likeness (QED) is 0.179. The Morgan fingerprint density at radius 3 is 1.47 bits per heavy atom. The molecule has 0 radical (unpaired) electrons.